The molecule has 1 atom stereocenters. The van der Waals surface area contributed by atoms with Gasteiger partial charge in [-0.2, -0.15) is 0 Å². The van der Waals surface area contributed by atoms with E-state index < -0.39 is 5.60 Å². The van der Waals surface area contributed by atoms with E-state index in [4.69, 9.17) is 15.9 Å². The predicted molar refractivity (Wildman–Crippen MR) is 59.3 cm³/mol. The molecule has 0 unspecified atom stereocenters. The Kier molecular flexibility index (Phi) is 6.03. The normalized spacial score (nSPS) is 13.0. The zero-order valence-electron chi connectivity index (χ0n) is 10.0. The molecule has 3 nitrogen and oxygen atoms in total. The van der Waals surface area contributed by atoms with Gasteiger partial charge in [-0.05, 0) is 27.2 Å². The Morgan fingerprint density at radius 1 is 1.47 bits per heavy atom. The number of esters is 1. The minimum Gasteiger partial charge on any atom is -0.458 e. The van der Waals surface area contributed by atoms with Crippen LogP contribution in [-0.2, 0) is 14.3 Å². The van der Waals surface area contributed by atoms with Crippen molar-refractivity contribution in [2.75, 3.05) is 6.61 Å². The zero-order valence-corrected chi connectivity index (χ0v) is 10.0. The minimum atomic E-state index is -0.464. The molecular formula is C12H20O3. The Hall–Kier alpha value is -1.01. The van der Waals surface area contributed by atoms with Gasteiger partial charge in [0.15, 0.2) is 0 Å². The van der Waals surface area contributed by atoms with E-state index >= 15 is 0 Å². The summed E-state index contributed by atoms with van der Waals surface area (Å²) < 4.78 is 10.4. The Balaban J connectivity index is 3.84. The lowest BCUT2D eigenvalue weighted by Crippen LogP contribution is -2.28. The van der Waals surface area contributed by atoms with Crippen LogP contribution in [0.5, 0.6) is 0 Å². The first kappa shape index (κ1) is 14.0. The summed E-state index contributed by atoms with van der Waals surface area (Å²) in [7, 11) is 0. The van der Waals surface area contributed by atoms with Gasteiger partial charge in [0, 0.05) is 6.42 Å². The van der Waals surface area contributed by atoms with Crippen LogP contribution in [0.2, 0.25) is 0 Å². The van der Waals surface area contributed by atoms with Crippen LogP contribution >= 0.6 is 0 Å². The Morgan fingerprint density at radius 3 is 2.47 bits per heavy atom. The van der Waals surface area contributed by atoms with Crippen molar-refractivity contribution in [3.63, 3.8) is 0 Å². The highest BCUT2D eigenvalue weighted by Crippen LogP contribution is 2.08. The van der Waals surface area contributed by atoms with E-state index in [9.17, 15) is 4.79 Å². The molecule has 15 heavy (non-hydrogen) atoms. The van der Waals surface area contributed by atoms with Crippen molar-refractivity contribution in [2.24, 2.45) is 0 Å². The van der Waals surface area contributed by atoms with E-state index in [-0.39, 0.29) is 18.7 Å². The van der Waals surface area contributed by atoms with Gasteiger partial charge < -0.3 is 9.47 Å². The van der Waals surface area contributed by atoms with Crippen molar-refractivity contribution in [2.45, 2.75) is 52.2 Å². The van der Waals surface area contributed by atoms with Crippen molar-refractivity contribution < 1.29 is 14.3 Å². The maximum atomic E-state index is 11.3. The Labute approximate surface area is 92.1 Å². The summed E-state index contributed by atoms with van der Waals surface area (Å²) in [5, 5.41) is 0. The SMILES string of the molecule is C#CC[C@@H](CC)OCC(=O)OC(C)(C)C. The third-order valence-electron chi connectivity index (χ3n) is 1.66. The largest absolute Gasteiger partial charge is 0.458 e. The second-order valence-electron chi connectivity index (χ2n) is 4.34. The molecule has 86 valence electrons. The van der Waals surface area contributed by atoms with Crippen LogP contribution in [0.3, 0.4) is 0 Å². The predicted octanol–water partition coefficient (Wildman–Crippen LogP) is 2.15. The van der Waals surface area contributed by atoms with Crippen LogP contribution in [0.25, 0.3) is 0 Å². The van der Waals surface area contributed by atoms with E-state index in [1.54, 1.807) is 0 Å². The molecule has 0 amide bonds. The van der Waals surface area contributed by atoms with Gasteiger partial charge in [-0.1, -0.05) is 6.92 Å². The topological polar surface area (TPSA) is 35.5 Å². The lowest BCUT2D eigenvalue weighted by atomic mass is 10.2. The molecule has 0 heterocycles. The molecule has 0 aromatic carbocycles. The fourth-order valence-electron chi connectivity index (χ4n) is 1.01. The maximum absolute atomic E-state index is 11.3. The first-order valence-corrected chi connectivity index (χ1v) is 5.16. The Morgan fingerprint density at radius 2 is 2.07 bits per heavy atom. The number of rotatable bonds is 5. The highest BCUT2D eigenvalue weighted by Gasteiger charge is 2.17. The first-order chi connectivity index (χ1) is 6.89. The minimum absolute atomic E-state index is 0.0303. The molecule has 0 saturated heterocycles. The second kappa shape index (κ2) is 6.47. The van der Waals surface area contributed by atoms with Gasteiger partial charge in [0.05, 0.1) is 6.10 Å². The number of hydrogen-bond donors (Lipinski definition) is 0. The summed E-state index contributed by atoms with van der Waals surface area (Å²) >= 11 is 0. The number of carbonyl (C=O) groups is 1. The first-order valence-electron chi connectivity index (χ1n) is 5.16. The summed E-state index contributed by atoms with van der Waals surface area (Å²) in [4.78, 5) is 11.3. The van der Waals surface area contributed by atoms with E-state index in [0.717, 1.165) is 6.42 Å². The molecule has 0 radical (unpaired) electrons. The van der Waals surface area contributed by atoms with Crippen LogP contribution in [0.4, 0.5) is 0 Å². The lowest BCUT2D eigenvalue weighted by molar-refractivity contribution is -0.162. The number of ether oxygens (including phenoxy) is 2. The molecule has 0 spiro atoms. The fourth-order valence-corrected chi connectivity index (χ4v) is 1.01. The lowest BCUT2D eigenvalue weighted by Gasteiger charge is -2.20. The van der Waals surface area contributed by atoms with Crippen molar-refractivity contribution in [3.05, 3.63) is 0 Å². The van der Waals surface area contributed by atoms with E-state index in [0.29, 0.717) is 6.42 Å². The van der Waals surface area contributed by atoms with Crippen molar-refractivity contribution in [3.8, 4) is 12.3 Å². The summed E-state index contributed by atoms with van der Waals surface area (Å²) in [5.41, 5.74) is -0.464. The smallest absolute Gasteiger partial charge is 0.332 e. The number of carbonyl (C=O) groups excluding carboxylic acids is 1. The van der Waals surface area contributed by atoms with E-state index in [1.807, 2.05) is 27.7 Å². The molecule has 0 rings (SSSR count). The average molecular weight is 212 g/mol. The van der Waals surface area contributed by atoms with Gasteiger partial charge >= 0.3 is 5.97 Å². The van der Waals surface area contributed by atoms with Crippen LogP contribution in [0.1, 0.15) is 40.5 Å². The molecule has 0 fully saturated rings. The molecule has 0 bridgehead atoms. The van der Waals surface area contributed by atoms with Crippen LogP contribution < -0.4 is 0 Å². The third kappa shape index (κ3) is 8.02. The molecular weight excluding hydrogens is 192 g/mol. The van der Waals surface area contributed by atoms with Gasteiger partial charge in [0.2, 0.25) is 0 Å². The van der Waals surface area contributed by atoms with Crippen molar-refractivity contribution in [1.29, 1.82) is 0 Å². The van der Waals surface area contributed by atoms with E-state index in [1.165, 1.54) is 0 Å². The Bertz CT molecular complexity index is 232. The molecule has 0 saturated carbocycles. The van der Waals surface area contributed by atoms with Gasteiger partial charge in [0.25, 0.3) is 0 Å². The van der Waals surface area contributed by atoms with Crippen molar-refractivity contribution in [1.82, 2.24) is 0 Å². The van der Waals surface area contributed by atoms with Gasteiger partial charge in [-0.25, -0.2) is 4.79 Å². The molecule has 0 N–H and O–H groups in total. The van der Waals surface area contributed by atoms with E-state index in [2.05, 4.69) is 5.92 Å². The van der Waals surface area contributed by atoms with Crippen LogP contribution in [0.15, 0.2) is 0 Å². The average Bonchev–Trinajstić information content (AvgIpc) is 2.09. The van der Waals surface area contributed by atoms with Gasteiger partial charge in [0.1, 0.15) is 12.2 Å². The van der Waals surface area contributed by atoms with Crippen LogP contribution in [0, 0.1) is 12.3 Å². The molecule has 0 aromatic rings. The molecule has 0 aliphatic rings. The maximum Gasteiger partial charge on any atom is 0.332 e. The van der Waals surface area contributed by atoms with Crippen molar-refractivity contribution >= 4 is 5.97 Å². The van der Waals surface area contributed by atoms with Gasteiger partial charge in [-0.3, -0.25) is 0 Å². The molecule has 0 aromatic heterocycles. The highest BCUT2D eigenvalue weighted by molar-refractivity contribution is 5.71. The summed E-state index contributed by atoms with van der Waals surface area (Å²) in [6.07, 6.45) is 6.44. The zero-order chi connectivity index (χ0) is 11.9. The molecule has 0 aliphatic carbocycles. The molecule has 3 heteroatoms. The van der Waals surface area contributed by atoms with Gasteiger partial charge in [-0.15, -0.1) is 12.3 Å². The fraction of sp³-hybridized carbons (Fsp3) is 0.750. The summed E-state index contributed by atoms with van der Waals surface area (Å²) in [6, 6.07) is 0. The van der Waals surface area contributed by atoms with Crippen LogP contribution in [-0.4, -0.2) is 24.3 Å². The number of terminal acetylenes is 1. The quantitative estimate of drug-likeness (QED) is 0.517. The third-order valence-corrected chi connectivity index (χ3v) is 1.66. The summed E-state index contributed by atoms with van der Waals surface area (Å²) in [5.74, 6) is 2.16. The standard InChI is InChI=1S/C12H20O3/c1-6-8-10(7-2)14-9-11(13)15-12(3,4)5/h1,10H,7-9H2,2-5H3/t10-/m1/s1. The highest BCUT2D eigenvalue weighted by atomic mass is 16.6. The summed E-state index contributed by atoms with van der Waals surface area (Å²) in [6.45, 7) is 7.41. The second-order valence-corrected chi connectivity index (χ2v) is 4.34. The monoisotopic (exact) mass is 212 g/mol. The number of hydrogen-bond acceptors (Lipinski definition) is 3. The molecule has 0 aliphatic heterocycles.